The van der Waals surface area contributed by atoms with Crippen LogP contribution in [0.1, 0.15) is 46.1 Å². The highest BCUT2D eigenvalue weighted by molar-refractivity contribution is 5.97. The molecule has 5 rings (SSSR count). The fraction of sp³-hybridized carbons (Fsp3) is 0.240. The van der Waals surface area contributed by atoms with Crippen LogP contribution in [0, 0.1) is 13.8 Å². The van der Waals surface area contributed by atoms with Gasteiger partial charge in [0.05, 0.1) is 12.7 Å². The number of fused-ring (bicyclic) bond motifs is 1. The molecule has 0 saturated heterocycles. The molecule has 0 N–H and O–H groups in total. The molecule has 2 heterocycles. The molecule has 5 nitrogen and oxygen atoms in total. The average molecular weight is 397 g/mol. The Morgan fingerprint density at radius 3 is 2.50 bits per heavy atom. The van der Waals surface area contributed by atoms with Crippen LogP contribution in [-0.2, 0) is 4.74 Å². The second kappa shape index (κ2) is 7.10. The SMILES string of the molecule is COC(=O)c1ccccc1-c1ccc(-n2c(C3CC3)nc3c(C)c(C)cnc32)cc1. The van der Waals surface area contributed by atoms with Crippen LogP contribution in [0.25, 0.3) is 28.0 Å². The topological polar surface area (TPSA) is 57.0 Å². The first kappa shape index (κ1) is 18.6. The minimum Gasteiger partial charge on any atom is -0.465 e. The predicted molar refractivity (Wildman–Crippen MR) is 117 cm³/mol. The summed E-state index contributed by atoms with van der Waals surface area (Å²) in [7, 11) is 1.41. The first-order valence-electron chi connectivity index (χ1n) is 10.2. The zero-order valence-electron chi connectivity index (χ0n) is 17.3. The number of benzene rings is 2. The molecule has 0 radical (unpaired) electrons. The van der Waals surface area contributed by atoms with Gasteiger partial charge < -0.3 is 4.74 Å². The minimum absolute atomic E-state index is 0.332. The van der Waals surface area contributed by atoms with E-state index in [1.165, 1.54) is 25.5 Å². The summed E-state index contributed by atoms with van der Waals surface area (Å²) in [5.41, 5.74) is 7.66. The van der Waals surface area contributed by atoms with Gasteiger partial charge in [0.1, 0.15) is 11.3 Å². The molecule has 0 bridgehead atoms. The second-order valence-electron chi connectivity index (χ2n) is 7.90. The molecular formula is C25H23N3O2. The molecule has 0 spiro atoms. The molecule has 2 aromatic heterocycles. The Morgan fingerprint density at radius 2 is 1.80 bits per heavy atom. The Kier molecular flexibility index (Phi) is 4.39. The van der Waals surface area contributed by atoms with Gasteiger partial charge in [-0.05, 0) is 67.1 Å². The van der Waals surface area contributed by atoms with Crippen LogP contribution >= 0.6 is 0 Å². The van der Waals surface area contributed by atoms with Crippen LogP contribution in [-0.4, -0.2) is 27.6 Å². The smallest absolute Gasteiger partial charge is 0.338 e. The van der Waals surface area contributed by atoms with E-state index in [-0.39, 0.29) is 5.97 Å². The largest absolute Gasteiger partial charge is 0.465 e. The number of imidazole rings is 1. The van der Waals surface area contributed by atoms with Crippen molar-refractivity contribution in [3.05, 3.63) is 77.2 Å². The van der Waals surface area contributed by atoms with Crippen molar-refractivity contribution >= 4 is 17.1 Å². The van der Waals surface area contributed by atoms with Crippen molar-refractivity contribution in [2.24, 2.45) is 0 Å². The van der Waals surface area contributed by atoms with E-state index in [1.807, 2.05) is 36.5 Å². The van der Waals surface area contributed by atoms with Crippen molar-refractivity contribution in [3.8, 4) is 16.8 Å². The van der Waals surface area contributed by atoms with Gasteiger partial charge in [-0.2, -0.15) is 0 Å². The number of hydrogen-bond donors (Lipinski definition) is 0. The zero-order chi connectivity index (χ0) is 20.8. The van der Waals surface area contributed by atoms with E-state index in [2.05, 4.69) is 30.5 Å². The van der Waals surface area contributed by atoms with Crippen molar-refractivity contribution in [2.45, 2.75) is 32.6 Å². The van der Waals surface area contributed by atoms with Gasteiger partial charge in [-0.15, -0.1) is 0 Å². The van der Waals surface area contributed by atoms with Gasteiger partial charge in [-0.25, -0.2) is 14.8 Å². The highest BCUT2D eigenvalue weighted by Gasteiger charge is 2.31. The molecule has 150 valence electrons. The first-order chi connectivity index (χ1) is 14.6. The van der Waals surface area contributed by atoms with Crippen LogP contribution in [0.15, 0.2) is 54.7 Å². The molecule has 5 heteroatoms. The molecule has 1 saturated carbocycles. The fourth-order valence-electron chi connectivity index (χ4n) is 3.92. The number of methoxy groups -OCH3 is 1. The Balaban J connectivity index is 1.63. The van der Waals surface area contributed by atoms with E-state index >= 15 is 0 Å². The number of nitrogens with zero attached hydrogens (tertiary/aromatic N) is 3. The Bertz CT molecular complexity index is 1270. The van der Waals surface area contributed by atoms with Crippen molar-refractivity contribution < 1.29 is 9.53 Å². The summed E-state index contributed by atoms with van der Waals surface area (Å²) in [6, 6.07) is 15.7. The van der Waals surface area contributed by atoms with Gasteiger partial charge in [-0.1, -0.05) is 30.3 Å². The third-order valence-electron chi connectivity index (χ3n) is 5.92. The summed E-state index contributed by atoms with van der Waals surface area (Å²) in [6.07, 6.45) is 4.27. The predicted octanol–water partition coefficient (Wildman–Crippen LogP) is 5.37. The molecule has 0 atom stereocenters. The Morgan fingerprint density at radius 1 is 1.07 bits per heavy atom. The van der Waals surface area contributed by atoms with Gasteiger partial charge in [-0.3, -0.25) is 4.57 Å². The normalized spacial score (nSPS) is 13.6. The summed E-state index contributed by atoms with van der Waals surface area (Å²) < 4.78 is 7.13. The van der Waals surface area contributed by atoms with Crippen molar-refractivity contribution in [1.29, 1.82) is 0 Å². The Labute approximate surface area is 175 Å². The molecule has 2 aromatic carbocycles. The third-order valence-corrected chi connectivity index (χ3v) is 5.92. The number of esters is 1. The monoisotopic (exact) mass is 397 g/mol. The number of rotatable bonds is 4. The summed E-state index contributed by atoms with van der Waals surface area (Å²) >= 11 is 0. The lowest BCUT2D eigenvalue weighted by Crippen LogP contribution is -2.04. The van der Waals surface area contributed by atoms with E-state index in [0.29, 0.717) is 11.5 Å². The van der Waals surface area contributed by atoms with Gasteiger partial charge in [0.15, 0.2) is 5.65 Å². The molecule has 4 aromatic rings. The van der Waals surface area contributed by atoms with E-state index in [1.54, 1.807) is 6.07 Å². The molecule has 1 aliphatic carbocycles. The Hall–Kier alpha value is -3.47. The van der Waals surface area contributed by atoms with E-state index in [9.17, 15) is 4.79 Å². The summed E-state index contributed by atoms with van der Waals surface area (Å²) in [4.78, 5) is 21.8. The van der Waals surface area contributed by atoms with Crippen LogP contribution in [0.5, 0.6) is 0 Å². The van der Waals surface area contributed by atoms with Gasteiger partial charge in [0, 0.05) is 17.8 Å². The van der Waals surface area contributed by atoms with E-state index < -0.39 is 0 Å². The second-order valence-corrected chi connectivity index (χ2v) is 7.90. The zero-order valence-corrected chi connectivity index (χ0v) is 17.3. The maximum atomic E-state index is 12.2. The number of carbonyl (C=O) groups is 1. The van der Waals surface area contributed by atoms with Crippen molar-refractivity contribution in [1.82, 2.24) is 14.5 Å². The van der Waals surface area contributed by atoms with Crippen molar-refractivity contribution in [3.63, 3.8) is 0 Å². The van der Waals surface area contributed by atoms with Gasteiger partial charge in [0.25, 0.3) is 0 Å². The first-order valence-corrected chi connectivity index (χ1v) is 10.2. The fourth-order valence-corrected chi connectivity index (χ4v) is 3.92. The molecule has 0 amide bonds. The molecule has 30 heavy (non-hydrogen) atoms. The number of aryl methyl sites for hydroxylation is 2. The molecule has 1 fully saturated rings. The van der Waals surface area contributed by atoms with E-state index in [4.69, 9.17) is 14.7 Å². The number of aromatic nitrogens is 3. The minimum atomic E-state index is -0.332. The molecule has 0 aliphatic heterocycles. The van der Waals surface area contributed by atoms with Crippen LogP contribution in [0.4, 0.5) is 0 Å². The third kappa shape index (κ3) is 2.98. The lowest BCUT2D eigenvalue weighted by Gasteiger charge is -2.11. The highest BCUT2D eigenvalue weighted by atomic mass is 16.5. The summed E-state index contributed by atoms with van der Waals surface area (Å²) in [5, 5.41) is 0. The average Bonchev–Trinajstić information content (AvgIpc) is 3.56. The molecule has 0 unspecified atom stereocenters. The number of pyridine rings is 1. The summed E-state index contributed by atoms with van der Waals surface area (Å²) in [6.45, 7) is 4.19. The maximum Gasteiger partial charge on any atom is 0.338 e. The molecular weight excluding hydrogens is 374 g/mol. The highest BCUT2D eigenvalue weighted by Crippen LogP contribution is 2.42. The lowest BCUT2D eigenvalue weighted by molar-refractivity contribution is 0.0601. The van der Waals surface area contributed by atoms with Gasteiger partial charge in [0.2, 0.25) is 0 Å². The molecule has 1 aliphatic rings. The lowest BCUT2D eigenvalue weighted by atomic mass is 9.99. The summed E-state index contributed by atoms with van der Waals surface area (Å²) in [5.74, 6) is 1.26. The number of carbonyl (C=O) groups excluding carboxylic acids is 1. The van der Waals surface area contributed by atoms with Crippen LogP contribution in [0.3, 0.4) is 0 Å². The van der Waals surface area contributed by atoms with Crippen LogP contribution < -0.4 is 0 Å². The van der Waals surface area contributed by atoms with Crippen LogP contribution in [0.2, 0.25) is 0 Å². The van der Waals surface area contributed by atoms with Gasteiger partial charge >= 0.3 is 5.97 Å². The van der Waals surface area contributed by atoms with E-state index in [0.717, 1.165) is 39.4 Å². The van der Waals surface area contributed by atoms with Crippen molar-refractivity contribution in [2.75, 3.05) is 7.11 Å². The standard InChI is InChI=1S/C25H23N3O2/c1-15-14-26-24-22(16(15)2)27-23(18-8-9-18)28(24)19-12-10-17(11-13-19)20-6-4-5-7-21(20)25(29)30-3/h4-7,10-14,18H,8-9H2,1-3H3. The number of ether oxygens (including phenoxy) is 1. The maximum absolute atomic E-state index is 12.2. The quantitative estimate of drug-likeness (QED) is 0.435. The number of hydrogen-bond acceptors (Lipinski definition) is 4.